The van der Waals surface area contributed by atoms with E-state index in [2.05, 4.69) is 24.5 Å². The highest BCUT2D eigenvalue weighted by atomic mass is 35.5. The van der Waals surface area contributed by atoms with Gasteiger partial charge in [-0.1, -0.05) is 25.4 Å². The normalized spacial score (nSPS) is 10.7. The summed E-state index contributed by atoms with van der Waals surface area (Å²) in [5, 5.41) is 6.62. The van der Waals surface area contributed by atoms with Crippen molar-refractivity contribution in [1.82, 2.24) is 10.6 Å². The van der Waals surface area contributed by atoms with Crippen LogP contribution in [0.2, 0.25) is 5.02 Å². The Morgan fingerprint density at radius 2 is 2.15 bits per heavy atom. The van der Waals surface area contributed by atoms with Crippen molar-refractivity contribution in [3.05, 3.63) is 28.8 Å². The van der Waals surface area contributed by atoms with E-state index in [1.54, 1.807) is 13.1 Å². The molecule has 0 spiro atoms. The van der Waals surface area contributed by atoms with Crippen molar-refractivity contribution >= 4 is 17.5 Å². The molecule has 1 aromatic carbocycles. The van der Waals surface area contributed by atoms with E-state index in [4.69, 9.17) is 16.3 Å². The van der Waals surface area contributed by atoms with E-state index < -0.39 is 0 Å². The lowest BCUT2D eigenvalue weighted by Crippen LogP contribution is -2.21. The van der Waals surface area contributed by atoms with E-state index in [-0.39, 0.29) is 5.91 Å². The van der Waals surface area contributed by atoms with Crippen LogP contribution >= 0.6 is 11.6 Å². The molecule has 0 aromatic heterocycles. The largest absolute Gasteiger partial charge is 0.493 e. The summed E-state index contributed by atoms with van der Waals surface area (Å²) in [4.78, 5) is 11.2. The van der Waals surface area contributed by atoms with Crippen LogP contribution in [0.5, 0.6) is 5.75 Å². The molecule has 0 bridgehead atoms. The zero-order valence-electron chi connectivity index (χ0n) is 12.3. The van der Waals surface area contributed by atoms with Crippen molar-refractivity contribution in [3.8, 4) is 5.75 Å². The first kappa shape index (κ1) is 16.8. The van der Waals surface area contributed by atoms with E-state index in [1.807, 2.05) is 12.1 Å². The number of hydrogen-bond donors (Lipinski definition) is 2. The third-order valence-corrected chi connectivity index (χ3v) is 2.99. The maximum atomic E-state index is 11.2. The van der Waals surface area contributed by atoms with Crippen LogP contribution in [0.4, 0.5) is 0 Å². The fourth-order valence-corrected chi connectivity index (χ4v) is 1.90. The van der Waals surface area contributed by atoms with E-state index in [1.165, 1.54) is 0 Å². The summed E-state index contributed by atoms with van der Waals surface area (Å²) in [7, 11) is 1.62. The zero-order valence-corrected chi connectivity index (χ0v) is 13.1. The molecule has 0 saturated carbocycles. The van der Waals surface area contributed by atoms with Crippen LogP contribution in [-0.2, 0) is 11.3 Å². The Balaban J connectivity index is 2.57. The van der Waals surface area contributed by atoms with Gasteiger partial charge in [0.2, 0.25) is 5.91 Å². The molecule has 0 unspecified atom stereocenters. The Morgan fingerprint density at radius 1 is 1.40 bits per heavy atom. The highest BCUT2D eigenvalue weighted by molar-refractivity contribution is 6.30. The van der Waals surface area contributed by atoms with Gasteiger partial charge < -0.3 is 15.4 Å². The van der Waals surface area contributed by atoms with Crippen LogP contribution in [0.3, 0.4) is 0 Å². The molecule has 0 fully saturated rings. The third-order valence-electron chi connectivity index (χ3n) is 2.76. The quantitative estimate of drug-likeness (QED) is 0.775. The number of rotatable bonds is 8. The van der Waals surface area contributed by atoms with Crippen LogP contribution in [-0.4, -0.2) is 26.1 Å². The molecule has 0 radical (unpaired) electrons. The Bertz CT molecular complexity index is 436. The fourth-order valence-electron chi connectivity index (χ4n) is 1.70. The number of nitrogens with one attached hydrogen (secondary N) is 2. The second-order valence-corrected chi connectivity index (χ2v) is 5.48. The Labute approximate surface area is 125 Å². The molecule has 0 aliphatic heterocycles. The summed E-state index contributed by atoms with van der Waals surface area (Å²) in [6, 6.07) is 5.53. The standard InChI is InChI=1S/C15H23ClN2O2/c1-11(2)9-18-10-12-8-13(16)4-5-14(12)20-7-6-15(19)17-3/h4-5,8,11,18H,6-7,9-10H2,1-3H3,(H,17,19). The van der Waals surface area contributed by atoms with E-state index >= 15 is 0 Å². The summed E-state index contributed by atoms with van der Waals surface area (Å²) in [5.41, 5.74) is 1.01. The molecule has 1 amide bonds. The monoisotopic (exact) mass is 298 g/mol. The van der Waals surface area contributed by atoms with Gasteiger partial charge in [-0.05, 0) is 30.7 Å². The number of carbonyl (C=O) groups is 1. The minimum Gasteiger partial charge on any atom is -0.493 e. The first-order chi connectivity index (χ1) is 9.52. The van der Waals surface area contributed by atoms with Crippen LogP contribution in [0.15, 0.2) is 18.2 Å². The number of amides is 1. The van der Waals surface area contributed by atoms with Crippen molar-refractivity contribution < 1.29 is 9.53 Å². The van der Waals surface area contributed by atoms with Gasteiger partial charge in [0.05, 0.1) is 13.0 Å². The minimum atomic E-state index is -0.0292. The lowest BCUT2D eigenvalue weighted by molar-refractivity contribution is -0.121. The van der Waals surface area contributed by atoms with Crippen molar-refractivity contribution in [2.45, 2.75) is 26.8 Å². The van der Waals surface area contributed by atoms with Gasteiger partial charge in [0.25, 0.3) is 0 Å². The van der Waals surface area contributed by atoms with Gasteiger partial charge >= 0.3 is 0 Å². The molecule has 2 N–H and O–H groups in total. The van der Waals surface area contributed by atoms with Gasteiger partial charge in [-0.3, -0.25) is 4.79 Å². The van der Waals surface area contributed by atoms with Crippen molar-refractivity contribution in [1.29, 1.82) is 0 Å². The molecule has 1 aromatic rings. The van der Waals surface area contributed by atoms with Gasteiger partial charge in [-0.25, -0.2) is 0 Å². The SMILES string of the molecule is CNC(=O)CCOc1ccc(Cl)cc1CNCC(C)C. The first-order valence-electron chi connectivity index (χ1n) is 6.85. The number of carbonyl (C=O) groups excluding carboxylic acids is 1. The Morgan fingerprint density at radius 3 is 2.80 bits per heavy atom. The van der Waals surface area contributed by atoms with Gasteiger partial charge in [0.1, 0.15) is 5.75 Å². The zero-order chi connectivity index (χ0) is 15.0. The van der Waals surface area contributed by atoms with Crippen LogP contribution < -0.4 is 15.4 Å². The van der Waals surface area contributed by atoms with Gasteiger partial charge in [-0.2, -0.15) is 0 Å². The van der Waals surface area contributed by atoms with Crippen molar-refractivity contribution in [2.75, 3.05) is 20.2 Å². The molecular formula is C15H23ClN2O2. The molecule has 4 nitrogen and oxygen atoms in total. The number of benzene rings is 1. The molecule has 5 heteroatoms. The second kappa shape index (κ2) is 8.82. The lowest BCUT2D eigenvalue weighted by atomic mass is 10.2. The molecule has 0 saturated heterocycles. The fraction of sp³-hybridized carbons (Fsp3) is 0.533. The number of halogens is 1. The lowest BCUT2D eigenvalue weighted by Gasteiger charge is -2.13. The van der Waals surface area contributed by atoms with Crippen molar-refractivity contribution in [2.24, 2.45) is 5.92 Å². The smallest absolute Gasteiger partial charge is 0.223 e. The van der Waals surface area contributed by atoms with Crippen LogP contribution in [0.1, 0.15) is 25.8 Å². The molecule has 0 heterocycles. The van der Waals surface area contributed by atoms with Crippen LogP contribution in [0, 0.1) is 5.92 Å². The van der Waals surface area contributed by atoms with E-state index in [0.29, 0.717) is 30.5 Å². The van der Waals surface area contributed by atoms with Gasteiger partial charge in [0.15, 0.2) is 0 Å². The molecule has 20 heavy (non-hydrogen) atoms. The summed E-state index contributed by atoms with van der Waals surface area (Å²) < 4.78 is 5.66. The summed E-state index contributed by atoms with van der Waals surface area (Å²) in [5.74, 6) is 1.33. The van der Waals surface area contributed by atoms with Gasteiger partial charge in [-0.15, -0.1) is 0 Å². The average molecular weight is 299 g/mol. The van der Waals surface area contributed by atoms with Gasteiger partial charge in [0, 0.05) is 24.2 Å². The molecule has 0 aliphatic carbocycles. The number of hydrogen-bond acceptors (Lipinski definition) is 3. The molecule has 0 aliphatic rings. The van der Waals surface area contributed by atoms with Crippen molar-refractivity contribution in [3.63, 3.8) is 0 Å². The van der Waals surface area contributed by atoms with Crippen LogP contribution in [0.25, 0.3) is 0 Å². The van der Waals surface area contributed by atoms with E-state index in [0.717, 1.165) is 17.9 Å². The average Bonchev–Trinajstić information content (AvgIpc) is 2.40. The third kappa shape index (κ3) is 6.26. The summed E-state index contributed by atoms with van der Waals surface area (Å²) in [6.07, 6.45) is 0.345. The molecular weight excluding hydrogens is 276 g/mol. The number of ether oxygens (including phenoxy) is 1. The van der Waals surface area contributed by atoms with E-state index in [9.17, 15) is 4.79 Å². The second-order valence-electron chi connectivity index (χ2n) is 5.05. The summed E-state index contributed by atoms with van der Waals surface area (Å²) in [6.45, 7) is 6.31. The molecule has 0 atom stereocenters. The highest BCUT2D eigenvalue weighted by Crippen LogP contribution is 2.23. The Kier molecular flexibility index (Phi) is 7.41. The predicted octanol–water partition coefficient (Wildman–Crippen LogP) is 2.60. The maximum Gasteiger partial charge on any atom is 0.223 e. The minimum absolute atomic E-state index is 0.0292. The Hall–Kier alpha value is -1.26. The summed E-state index contributed by atoms with van der Waals surface area (Å²) >= 11 is 6.02. The maximum absolute atomic E-state index is 11.2. The first-order valence-corrected chi connectivity index (χ1v) is 7.23. The molecule has 112 valence electrons. The molecule has 1 rings (SSSR count). The highest BCUT2D eigenvalue weighted by Gasteiger charge is 2.06. The predicted molar refractivity (Wildman–Crippen MR) is 82.2 cm³/mol. The topological polar surface area (TPSA) is 50.4 Å².